The van der Waals surface area contributed by atoms with Crippen LogP contribution in [0, 0.1) is 0 Å². The number of primary amides is 2. The third-order valence-corrected chi connectivity index (χ3v) is 1.97. The zero-order chi connectivity index (χ0) is 13.9. The van der Waals surface area contributed by atoms with E-state index in [0.29, 0.717) is 0 Å². The fraction of sp³-hybridized carbons (Fsp3) is 0.100. The SMILES string of the molecule is NC(=O)c1cc(NC(=O)C(F)F)cc(C(N)=O)c1. The Morgan fingerprint density at radius 1 is 1.00 bits per heavy atom. The molecule has 0 atom stereocenters. The van der Waals surface area contributed by atoms with Gasteiger partial charge in [0.05, 0.1) is 0 Å². The number of alkyl halides is 2. The monoisotopic (exact) mass is 257 g/mol. The van der Waals surface area contributed by atoms with Gasteiger partial charge in [-0.3, -0.25) is 14.4 Å². The highest BCUT2D eigenvalue weighted by Crippen LogP contribution is 2.15. The molecular weight excluding hydrogens is 248 g/mol. The van der Waals surface area contributed by atoms with Crippen molar-refractivity contribution in [2.75, 3.05) is 5.32 Å². The molecule has 96 valence electrons. The summed E-state index contributed by atoms with van der Waals surface area (Å²) in [7, 11) is 0. The molecule has 0 heterocycles. The van der Waals surface area contributed by atoms with E-state index >= 15 is 0 Å². The van der Waals surface area contributed by atoms with Gasteiger partial charge in [0.15, 0.2) is 0 Å². The van der Waals surface area contributed by atoms with Crippen molar-refractivity contribution in [3.05, 3.63) is 29.3 Å². The van der Waals surface area contributed by atoms with Gasteiger partial charge in [-0.25, -0.2) is 0 Å². The summed E-state index contributed by atoms with van der Waals surface area (Å²) in [6, 6.07) is 3.23. The molecular formula is C10H9F2N3O3. The Morgan fingerprint density at radius 2 is 1.44 bits per heavy atom. The molecule has 0 aliphatic rings. The fourth-order valence-electron chi connectivity index (χ4n) is 1.18. The zero-order valence-corrected chi connectivity index (χ0v) is 8.94. The largest absolute Gasteiger partial charge is 0.366 e. The molecule has 0 unspecified atom stereocenters. The Kier molecular flexibility index (Phi) is 3.93. The molecule has 1 rings (SSSR count). The van der Waals surface area contributed by atoms with E-state index in [-0.39, 0.29) is 16.8 Å². The highest BCUT2D eigenvalue weighted by Gasteiger charge is 2.17. The van der Waals surface area contributed by atoms with Crippen LogP contribution in [-0.2, 0) is 4.79 Å². The van der Waals surface area contributed by atoms with Crippen molar-refractivity contribution in [1.82, 2.24) is 0 Å². The molecule has 0 saturated heterocycles. The zero-order valence-electron chi connectivity index (χ0n) is 8.94. The van der Waals surface area contributed by atoms with E-state index in [0.717, 1.165) is 18.2 Å². The number of carbonyl (C=O) groups is 3. The number of benzene rings is 1. The van der Waals surface area contributed by atoms with E-state index in [2.05, 4.69) is 0 Å². The Bertz CT molecular complexity index is 485. The third kappa shape index (κ3) is 3.24. The highest BCUT2D eigenvalue weighted by molar-refractivity contribution is 6.02. The topological polar surface area (TPSA) is 115 Å². The Morgan fingerprint density at radius 3 is 1.78 bits per heavy atom. The van der Waals surface area contributed by atoms with Gasteiger partial charge in [0.2, 0.25) is 11.8 Å². The average Bonchev–Trinajstić information content (AvgIpc) is 2.28. The summed E-state index contributed by atoms with van der Waals surface area (Å²) in [6.07, 6.45) is -3.22. The maximum absolute atomic E-state index is 12.0. The fourth-order valence-corrected chi connectivity index (χ4v) is 1.18. The van der Waals surface area contributed by atoms with Crippen LogP contribution in [0.2, 0.25) is 0 Å². The number of hydrogen-bond acceptors (Lipinski definition) is 3. The normalized spacial score (nSPS) is 10.2. The summed E-state index contributed by atoms with van der Waals surface area (Å²) in [5.41, 5.74) is 9.56. The quantitative estimate of drug-likeness (QED) is 0.709. The van der Waals surface area contributed by atoms with E-state index in [1.54, 1.807) is 0 Å². The van der Waals surface area contributed by atoms with Crippen LogP contribution in [0.4, 0.5) is 14.5 Å². The molecule has 0 aliphatic carbocycles. The van der Waals surface area contributed by atoms with Gasteiger partial charge >= 0.3 is 6.43 Å². The first-order chi connectivity index (χ1) is 8.31. The number of rotatable bonds is 4. The molecule has 1 aromatic rings. The van der Waals surface area contributed by atoms with Gasteiger partial charge in [0, 0.05) is 16.8 Å². The van der Waals surface area contributed by atoms with E-state index < -0.39 is 24.1 Å². The van der Waals surface area contributed by atoms with Crippen molar-refractivity contribution in [3.63, 3.8) is 0 Å². The highest BCUT2D eigenvalue weighted by atomic mass is 19.3. The van der Waals surface area contributed by atoms with Gasteiger partial charge in [0.25, 0.3) is 5.91 Å². The summed E-state index contributed by atoms with van der Waals surface area (Å²) in [5.74, 6) is -3.33. The van der Waals surface area contributed by atoms with E-state index in [9.17, 15) is 23.2 Å². The third-order valence-electron chi connectivity index (χ3n) is 1.97. The van der Waals surface area contributed by atoms with Gasteiger partial charge in [-0.1, -0.05) is 0 Å². The minimum Gasteiger partial charge on any atom is -0.366 e. The lowest BCUT2D eigenvalue weighted by molar-refractivity contribution is -0.126. The Labute approximate surface area is 99.9 Å². The number of carbonyl (C=O) groups excluding carboxylic acids is 3. The summed E-state index contributed by atoms with van der Waals surface area (Å²) < 4.78 is 24.1. The van der Waals surface area contributed by atoms with Crippen LogP contribution in [0.15, 0.2) is 18.2 Å². The van der Waals surface area contributed by atoms with Crippen LogP contribution in [0.25, 0.3) is 0 Å². The number of hydrogen-bond donors (Lipinski definition) is 3. The van der Waals surface area contributed by atoms with Crippen LogP contribution in [0.3, 0.4) is 0 Å². The van der Waals surface area contributed by atoms with Crippen molar-refractivity contribution < 1.29 is 23.2 Å². The second-order valence-electron chi connectivity index (χ2n) is 3.32. The molecule has 0 fully saturated rings. The van der Waals surface area contributed by atoms with Crippen molar-refractivity contribution in [2.45, 2.75) is 6.43 Å². The number of amides is 3. The van der Waals surface area contributed by atoms with Crippen molar-refractivity contribution >= 4 is 23.4 Å². The Balaban J connectivity index is 3.15. The molecule has 0 aliphatic heterocycles. The lowest BCUT2D eigenvalue weighted by Crippen LogP contribution is -2.22. The second kappa shape index (κ2) is 5.21. The number of halogens is 2. The predicted molar refractivity (Wildman–Crippen MR) is 58.1 cm³/mol. The standard InChI is InChI=1S/C10H9F2N3O3/c11-7(12)10(18)15-6-2-4(8(13)16)1-5(3-6)9(14)17/h1-3,7H,(H2,13,16)(H2,14,17)(H,15,18). The van der Waals surface area contributed by atoms with E-state index in [1.807, 2.05) is 5.32 Å². The van der Waals surface area contributed by atoms with Crippen LogP contribution >= 0.6 is 0 Å². The first kappa shape index (κ1) is 13.6. The smallest absolute Gasteiger partial charge is 0.315 e. The molecule has 0 bridgehead atoms. The van der Waals surface area contributed by atoms with Crippen molar-refractivity contribution in [3.8, 4) is 0 Å². The maximum atomic E-state index is 12.0. The first-order valence-corrected chi connectivity index (χ1v) is 4.65. The molecule has 0 saturated carbocycles. The summed E-state index contributed by atoms with van der Waals surface area (Å²) in [6.45, 7) is 0. The lowest BCUT2D eigenvalue weighted by atomic mass is 10.1. The summed E-state index contributed by atoms with van der Waals surface area (Å²) in [5, 5.41) is 1.83. The van der Waals surface area contributed by atoms with Gasteiger partial charge in [0.1, 0.15) is 0 Å². The maximum Gasteiger partial charge on any atom is 0.315 e. The Hall–Kier alpha value is -2.51. The van der Waals surface area contributed by atoms with Crippen LogP contribution < -0.4 is 16.8 Å². The molecule has 5 N–H and O–H groups in total. The average molecular weight is 257 g/mol. The van der Waals surface area contributed by atoms with E-state index in [4.69, 9.17) is 11.5 Å². The predicted octanol–water partition coefficient (Wildman–Crippen LogP) is 0.0880. The second-order valence-corrected chi connectivity index (χ2v) is 3.32. The van der Waals surface area contributed by atoms with Gasteiger partial charge < -0.3 is 16.8 Å². The summed E-state index contributed by atoms with van der Waals surface area (Å²) in [4.78, 5) is 32.7. The first-order valence-electron chi connectivity index (χ1n) is 4.65. The molecule has 6 nitrogen and oxygen atoms in total. The summed E-state index contributed by atoms with van der Waals surface area (Å²) >= 11 is 0. The molecule has 8 heteroatoms. The van der Waals surface area contributed by atoms with Crippen LogP contribution in [-0.4, -0.2) is 24.1 Å². The molecule has 1 aromatic carbocycles. The van der Waals surface area contributed by atoms with Crippen LogP contribution in [0.5, 0.6) is 0 Å². The molecule has 18 heavy (non-hydrogen) atoms. The molecule has 0 radical (unpaired) electrons. The molecule has 3 amide bonds. The number of anilines is 1. The van der Waals surface area contributed by atoms with Crippen LogP contribution in [0.1, 0.15) is 20.7 Å². The van der Waals surface area contributed by atoms with E-state index in [1.165, 1.54) is 0 Å². The van der Waals surface area contributed by atoms with Gasteiger partial charge in [-0.15, -0.1) is 0 Å². The van der Waals surface area contributed by atoms with Crippen molar-refractivity contribution in [1.29, 1.82) is 0 Å². The molecule has 0 spiro atoms. The van der Waals surface area contributed by atoms with Gasteiger partial charge in [-0.05, 0) is 18.2 Å². The molecule has 0 aromatic heterocycles. The van der Waals surface area contributed by atoms with Gasteiger partial charge in [-0.2, -0.15) is 8.78 Å². The number of nitrogens with one attached hydrogen (secondary N) is 1. The van der Waals surface area contributed by atoms with Crippen molar-refractivity contribution in [2.24, 2.45) is 11.5 Å². The minimum absolute atomic E-state index is 0.129. The lowest BCUT2D eigenvalue weighted by Gasteiger charge is -2.07. The minimum atomic E-state index is -3.22. The number of nitrogens with two attached hydrogens (primary N) is 2.